The Morgan fingerprint density at radius 1 is 1.00 bits per heavy atom. The first kappa shape index (κ1) is 12.2. The number of hydrogen-bond acceptors (Lipinski definition) is 3. The van der Waals surface area contributed by atoms with Gasteiger partial charge in [0.25, 0.3) is 5.56 Å². The Hall–Kier alpha value is -2.31. The van der Waals surface area contributed by atoms with Gasteiger partial charge >= 0.3 is 11.4 Å². The molecule has 7 heteroatoms. The molecular formula is C11H14N4O3. The zero-order valence-electron chi connectivity index (χ0n) is 10.5. The molecule has 0 aromatic carbocycles. The van der Waals surface area contributed by atoms with Gasteiger partial charge in [-0.25, -0.2) is 9.59 Å². The first-order chi connectivity index (χ1) is 8.41. The average Bonchev–Trinajstić information content (AvgIpc) is 2.59. The second-order valence-corrected chi connectivity index (χ2v) is 4.12. The summed E-state index contributed by atoms with van der Waals surface area (Å²) in [5.74, 6) is 0. The van der Waals surface area contributed by atoms with Gasteiger partial charge in [-0.1, -0.05) is 6.08 Å². The van der Waals surface area contributed by atoms with E-state index in [4.69, 9.17) is 0 Å². The number of aryl methyl sites for hydroxylation is 2. The lowest BCUT2D eigenvalue weighted by molar-refractivity contribution is 0.685. The largest absolute Gasteiger partial charge is 0.332 e. The summed E-state index contributed by atoms with van der Waals surface area (Å²) in [6.07, 6.45) is 1.54. The van der Waals surface area contributed by atoms with E-state index < -0.39 is 11.2 Å². The maximum Gasteiger partial charge on any atom is 0.332 e. The third kappa shape index (κ3) is 1.33. The lowest BCUT2D eigenvalue weighted by atomic mass is 10.5. The van der Waals surface area contributed by atoms with Crippen molar-refractivity contribution in [1.29, 1.82) is 0 Å². The van der Waals surface area contributed by atoms with Crippen molar-refractivity contribution in [1.82, 2.24) is 18.3 Å². The summed E-state index contributed by atoms with van der Waals surface area (Å²) in [7, 11) is 4.43. The van der Waals surface area contributed by atoms with E-state index in [2.05, 4.69) is 6.58 Å². The topological polar surface area (TPSA) is 70.9 Å². The molecule has 0 aliphatic carbocycles. The van der Waals surface area contributed by atoms with Gasteiger partial charge in [-0.3, -0.25) is 23.1 Å². The minimum Gasteiger partial charge on any atom is -0.289 e. The molecule has 0 spiro atoms. The first-order valence-corrected chi connectivity index (χ1v) is 5.38. The fourth-order valence-corrected chi connectivity index (χ4v) is 2.08. The number of nitrogens with zero attached hydrogens (tertiary/aromatic N) is 4. The van der Waals surface area contributed by atoms with Gasteiger partial charge in [-0.2, -0.15) is 0 Å². The van der Waals surface area contributed by atoms with Crippen LogP contribution in [0.1, 0.15) is 0 Å². The van der Waals surface area contributed by atoms with Crippen molar-refractivity contribution in [3.63, 3.8) is 0 Å². The molecule has 7 nitrogen and oxygen atoms in total. The highest BCUT2D eigenvalue weighted by Gasteiger charge is 2.18. The molecule has 0 saturated carbocycles. The second kappa shape index (κ2) is 3.86. The van der Waals surface area contributed by atoms with E-state index in [1.165, 1.54) is 34.8 Å². The minimum atomic E-state index is -0.476. The smallest absolute Gasteiger partial charge is 0.289 e. The van der Waals surface area contributed by atoms with Crippen LogP contribution in [0.25, 0.3) is 11.2 Å². The van der Waals surface area contributed by atoms with Gasteiger partial charge in [0.1, 0.15) is 0 Å². The molecule has 2 heterocycles. The quantitative estimate of drug-likeness (QED) is 0.637. The fourth-order valence-electron chi connectivity index (χ4n) is 2.08. The molecule has 2 aromatic rings. The van der Waals surface area contributed by atoms with E-state index in [0.29, 0.717) is 5.65 Å². The first-order valence-electron chi connectivity index (χ1n) is 5.38. The monoisotopic (exact) mass is 250 g/mol. The van der Waals surface area contributed by atoms with E-state index >= 15 is 0 Å². The number of fused-ring (bicyclic) bond motifs is 1. The Balaban J connectivity index is 3.22. The molecule has 0 aliphatic heterocycles. The summed E-state index contributed by atoms with van der Waals surface area (Å²) in [5, 5.41) is 0. The highest BCUT2D eigenvalue weighted by Crippen LogP contribution is 2.04. The molecule has 0 saturated heterocycles. The molecule has 2 aromatic heterocycles. The van der Waals surface area contributed by atoms with Crippen LogP contribution in [0.15, 0.2) is 27.0 Å². The van der Waals surface area contributed by atoms with Gasteiger partial charge in [0.05, 0.1) is 0 Å². The SMILES string of the molecule is C=CCn1c(=O)n(C)c2c(=O)n(C)c(=O)n(C)c21. The van der Waals surface area contributed by atoms with Gasteiger partial charge in [0.15, 0.2) is 11.2 Å². The molecule has 18 heavy (non-hydrogen) atoms. The van der Waals surface area contributed by atoms with Gasteiger partial charge in [-0.05, 0) is 0 Å². The predicted octanol–water partition coefficient (Wildman–Crippen LogP) is -1.08. The third-order valence-electron chi connectivity index (χ3n) is 3.03. The van der Waals surface area contributed by atoms with Crippen molar-refractivity contribution in [3.05, 3.63) is 44.0 Å². The van der Waals surface area contributed by atoms with Crippen LogP contribution in [-0.2, 0) is 27.7 Å². The molecule has 0 unspecified atom stereocenters. The lowest BCUT2D eigenvalue weighted by Crippen LogP contribution is -2.37. The normalized spacial score (nSPS) is 11.1. The summed E-state index contributed by atoms with van der Waals surface area (Å²) in [5.41, 5.74) is -0.753. The van der Waals surface area contributed by atoms with E-state index in [1.807, 2.05) is 0 Å². The third-order valence-corrected chi connectivity index (χ3v) is 3.03. The zero-order chi connectivity index (χ0) is 13.6. The van der Waals surface area contributed by atoms with Crippen LogP contribution in [0.5, 0.6) is 0 Å². The predicted molar refractivity (Wildman–Crippen MR) is 67.9 cm³/mol. The average molecular weight is 250 g/mol. The number of hydrogen-bond donors (Lipinski definition) is 0. The molecule has 0 N–H and O–H groups in total. The Kier molecular flexibility index (Phi) is 2.61. The molecular weight excluding hydrogens is 236 g/mol. The Bertz CT molecular complexity index is 816. The highest BCUT2D eigenvalue weighted by atomic mass is 16.2. The lowest BCUT2D eigenvalue weighted by Gasteiger charge is -2.06. The summed E-state index contributed by atoms with van der Waals surface area (Å²) in [4.78, 5) is 35.9. The molecule has 96 valence electrons. The molecule has 0 radical (unpaired) electrons. The molecule has 0 amide bonds. The van der Waals surface area contributed by atoms with Crippen LogP contribution < -0.4 is 16.9 Å². The van der Waals surface area contributed by atoms with Crippen molar-refractivity contribution < 1.29 is 0 Å². The summed E-state index contributed by atoms with van der Waals surface area (Å²) < 4.78 is 4.88. The van der Waals surface area contributed by atoms with Crippen molar-refractivity contribution in [3.8, 4) is 0 Å². The minimum absolute atomic E-state index is 0.214. The molecule has 0 bridgehead atoms. The molecule has 0 atom stereocenters. The molecule has 0 fully saturated rings. The van der Waals surface area contributed by atoms with E-state index in [1.54, 1.807) is 6.08 Å². The van der Waals surface area contributed by atoms with Crippen LogP contribution in [0.3, 0.4) is 0 Å². The number of imidazole rings is 1. The summed E-state index contributed by atoms with van der Waals surface area (Å²) in [6.45, 7) is 3.81. The maximum atomic E-state index is 12.0. The van der Waals surface area contributed by atoms with Crippen molar-refractivity contribution in [2.24, 2.45) is 21.1 Å². The van der Waals surface area contributed by atoms with Gasteiger partial charge in [-0.15, -0.1) is 6.58 Å². The van der Waals surface area contributed by atoms with Crippen molar-refractivity contribution in [2.75, 3.05) is 0 Å². The number of aromatic nitrogens is 4. The summed E-state index contributed by atoms with van der Waals surface area (Å²) in [6, 6.07) is 0. The molecule has 2 rings (SSSR count). The Morgan fingerprint density at radius 2 is 1.61 bits per heavy atom. The van der Waals surface area contributed by atoms with E-state index in [0.717, 1.165) is 4.57 Å². The highest BCUT2D eigenvalue weighted by molar-refractivity contribution is 5.70. The maximum absolute atomic E-state index is 12.0. The zero-order valence-corrected chi connectivity index (χ0v) is 10.5. The number of allylic oxidation sites excluding steroid dienone is 1. The van der Waals surface area contributed by atoms with E-state index in [9.17, 15) is 14.4 Å². The Morgan fingerprint density at radius 3 is 2.17 bits per heavy atom. The van der Waals surface area contributed by atoms with Gasteiger partial charge in [0, 0.05) is 27.7 Å². The van der Waals surface area contributed by atoms with E-state index in [-0.39, 0.29) is 17.8 Å². The van der Waals surface area contributed by atoms with Crippen molar-refractivity contribution in [2.45, 2.75) is 6.54 Å². The van der Waals surface area contributed by atoms with Crippen molar-refractivity contribution >= 4 is 11.2 Å². The number of rotatable bonds is 2. The summed E-state index contributed by atoms with van der Waals surface area (Å²) >= 11 is 0. The van der Waals surface area contributed by atoms with Crippen LogP contribution >= 0.6 is 0 Å². The van der Waals surface area contributed by atoms with Gasteiger partial charge < -0.3 is 0 Å². The van der Waals surface area contributed by atoms with Crippen LogP contribution in [0.2, 0.25) is 0 Å². The Labute approximate surface area is 102 Å². The van der Waals surface area contributed by atoms with Crippen LogP contribution in [0, 0.1) is 0 Å². The fraction of sp³-hybridized carbons (Fsp3) is 0.364. The van der Waals surface area contributed by atoms with Crippen LogP contribution in [-0.4, -0.2) is 18.3 Å². The second-order valence-electron chi connectivity index (χ2n) is 4.12. The molecule has 0 aliphatic rings. The standard InChI is InChI=1S/C11H14N4O3/c1-5-6-15-8-7(12(2)11(15)18)9(16)14(4)10(17)13(8)3/h5H,1,6H2,2-4H3. The van der Waals surface area contributed by atoms with Gasteiger partial charge in [0.2, 0.25) is 0 Å². The van der Waals surface area contributed by atoms with Crippen LogP contribution in [0.4, 0.5) is 0 Å².